The van der Waals surface area contributed by atoms with Crippen molar-refractivity contribution in [3.63, 3.8) is 0 Å². The van der Waals surface area contributed by atoms with Crippen LogP contribution in [0.4, 0.5) is 0 Å². The summed E-state index contributed by atoms with van der Waals surface area (Å²) in [6.07, 6.45) is 9.18. The maximum absolute atomic E-state index is 12.8. The normalized spacial score (nSPS) is 33.6. The quantitative estimate of drug-likeness (QED) is 0.834. The molecule has 4 aliphatic carbocycles. The Hall–Kier alpha value is -1.07. The van der Waals surface area contributed by atoms with Crippen LogP contribution >= 0.6 is 0 Å². The Kier molecular flexibility index (Phi) is 4.35. The fraction of sp³-hybridized carbons (Fsp3) is 0.700. The molecule has 4 fully saturated rings. The molecule has 0 saturated heterocycles. The number of hydrogen-bond donors (Lipinski definition) is 1. The Balaban J connectivity index is 1.44. The molecule has 138 valence electrons. The van der Waals surface area contributed by atoms with Gasteiger partial charge < -0.3 is 4.74 Å². The van der Waals surface area contributed by atoms with Crippen molar-refractivity contribution in [1.29, 1.82) is 0 Å². The van der Waals surface area contributed by atoms with E-state index >= 15 is 0 Å². The minimum Gasteiger partial charge on any atom is -0.495 e. The molecule has 25 heavy (non-hydrogen) atoms. The predicted molar refractivity (Wildman–Crippen MR) is 98.1 cm³/mol. The number of hydrogen-bond acceptors (Lipinski definition) is 3. The minimum atomic E-state index is -3.53. The summed E-state index contributed by atoms with van der Waals surface area (Å²) in [5, 5.41) is 0. The number of rotatable bonds is 6. The molecule has 1 N–H and O–H groups in total. The van der Waals surface area contributed by atoms with Crippen molar-refractivity contribution < 1.29 is 13.2 Å². The van der Waals surface area contributed by atoms with E-state index < -0.39 is 10.0 Å². The van der Waals surface area contributed by atoms with Crippen LogP contribution < -0.4 is 9.46 Å². The molecule has 0 heterocycles. The minimum absolute atomic E-state index is 0.250. The maximum atomic E-state index is 12.8. The van der Waals surface area contributed by atoms with Crippen molar-refractivity contribution in [1.82, 2.24) is 4.72 Å². The van der Waals surface area contributed by atoms with Crippen LogP contribution in [0.5, 0.6) is 5.75 Å². The summed E-state index contributed by atoms with van der Waals surface area (Å²) in [4.78, 5) is 0.250. The van der Waals surface area contributed by atoms with Crippen LogP contribution in [0.3, 0.4) is 0 Å². The molecule has 4 nitrogen and oxygen atoms in total. The zero-order valence-electron chi connectivity index (χ0n) is 15.3. The average Bonchev–Trinajstić information content (AvgIpc) is 2.53. The SMILES string of the molecule is COc1ccc(C)cc1S(=O)(=O)NCCC12CC3CC(CC(C3)C1)C2. The van der Waals surface area contributed by atoms with Crippen LogP contribution in [0.1, 0.15) is 50.5 Å². The molecule has 0 aromatic heterocycles. The first kappa shape index (κ1) is 17.3. The van der Waals surface area contributed by atoms with Crippen molar-refractivity contribution in [3.8, 4) is 5.75 Å². The highest BCUT2D eigenvalue weighted by Gasteiger charge is 2.50. The van der Waals surface area contributed by atoms with Gasteiger partial charge in [-0.05, 0) is 92.7 Å². The Morgan fingerprint density at radius 3 is 2.28 bits per heavy atom. The lowest BCUT2D eigenvalue weighted by Crippen LogP contribution is -2.47. The van der Waals surface area contributed by atoms with Crippen LogP contribution in [0.2, 0.25) is 0 Å². The molecule has 4 saturated carbocycles. The third-order valence-corrected chi connectivity index (χ3v) is 8.20. The van der Waals surface area contributed by atoms with Crippen LogP contribution in [0.15, 0.2) is 23.1 Å². The molecule has 0 spiro atoms. The monoisotopic (exact) mass is 363 g/mol. The molecule has 0 amide bonds. The van der Waals surface area contributed by atoms with E-state index in [0.29, 0.717) is 17.7 Å². The van der Waals surface area contributed by atoms with Gasteiger partial charge in [0.2, 0.25) is 10.0 Å². The van der Waals surface area contributed by atoms with Gasteiger partial charge in [0.1, 0.15) is 10.6 Å². The van der Waals surface area contributed by atoms with E-state index in [4.69, 9.17) is 4.74 Å². The van der Waals surface area contributed by atoms with Gasteiger partial charge >= 0.3 is 0 Å². The standard InChI is InChI=1S/C20H29NO3S/c1-14-3-4-18(24-2)19(7-14)25(22,23)21-6-5-20-11-15-8-16(12-20)10-17(9-15)13-20/h3-4,7,15-17,21H,5-6,8-13H2,1-2H3. The van der Waals surface area contributed by atoms with Gasteiger partial charge in [-0.3, -0.25) is 0 Å². The average molecular weight is 364 g/mol. The third kappa shape index (κ3) is 3.33. The second kappa shape index (κ2) is 6.27. The molecule has 1 aromatic carbocycles. The van der Waals surface area contributed by atoms with Crippen LogP contribution in [-0.4, -0.2) is 22.1 Å². The highest BCUT2D eigenvalue weighted by Crippen LogP contribution is 2.61. The van der Waals surface area contributed by atoms with Gasteiger partial charge in [0.05, 0.1) is 7.11 Å². The van der Waals surface area contributed by atoms with Gasteiger partial charge in [-0.1, -0.05) is 6.07 Å². The number of methoxy groups -OCH3 is 1. The van der Waals surface area contributed by atoms with E-state index in [1.165, 1.54) is 45.6 Å². The molecule has 0 atom stereocenters. The van der Waals surface area contributed by atoms with Crippen molar-refractivity contribution in [2.75, 3.05) is 13.7 Å². The molecular weight excluding hydrogens is 334 g/mol. The van der Waals surface area contributed by atoms with E-state index in [9.17, 15) is 8.42 Å². The molecule has 1 aromatic rings. The fourth-order valence-corrected chi connectivity index (χ4v) is 7.40. The lowest BCUT2D eigenvalue weighted by molar-refractivity contribution is -0.0561. The number of nitrogens with one attached hydrogen (secondary N) is 1. The highest BCUT2D eigenvalue weighted by atomic mass is 32.2. The summed E-state index contributed by atoms with van der Waals surface area (Å²) in [6, 6.07) is 5.28. The van der Waals surface area contributed by atoms with E-state index in [0.717, 1.165) is 29.7 Å². The predicted octanol–water partition coefficient (Wildman–Crippen LogP) is 3.89. The van der Waals surface area contributed by atoms with Gasteiger partial charge in [-0.25, -0.2) is 13.1 Å². The first-order chi connectivity index (χ1) is 11.9. The summed E-state index contributed by atoms with van der Waals surface area (Å²) < 4.78 is 33.6. The summed E-state index contributed by atoms with van der Waals surface area (Å²) in [6.45, 7) is 2.43. The van der Waals surface area contributed by atoms with Crippen molar-refractivity contribution in [3.05, 3.63) is 23.8 Å². The summed E-state index contributed by atoms with van der Waals surface area (Å²) in [5.41, 5.74) is 1.32. The third-order valence-electron chi connectivity index (χ3n) is 6.72. The first-order valence-corrected chi connectivity index (χ1v) is 11.0. The van der Waals surface area contributed by atoms with E-state index in [1.54, 1.807) is 12.1 Å². The van der Waals surface area contributed by atoms with E-state index in [1.807, 2.05) is 13.0 Å². The molecular formula is C20H29NO3S. The van der Waals surface area contributed by atoms with E-state index in [2.05, 4.69) is 4.72 Å². The second-order valence-electron chi connectivity index (χ2n) is 8.72. The zero-order valence-corrected chi connectivity index (χ0v) is 16.1. The van der Waals surface area contributed by atoms with Gasteiger partial charge in [-0.15, -0.1) is 0 Å². The molecule has 4 aliphatic rings. The van der Waals surface area contributed by atoms with Crippen LogP contribution in [0, 0.1) is 30.1 Å². The van der Waals surface area contributed by atoms with E-state index in [-0.39, 0.29) is 4.90 Å². The Morgan fingerprint density at radius 1 is 1.12 bits per heavy atom. The number of benzene rings is 1. The molecule has 0 unspecified atom stereocenters. The molecule has 0 radical (unpaired) electrons. The van der Waals surface area contributed by atoms with Crippen LogP contribution in [0.25, 0.3) is 0 Å². The second-order valence-corrected chi connectivity index (χ2v) is 10.5. The van der Waals surface area contributed by atoms with Crippen molar-refractivity contribution >= 4 is 10.0 Å². The maximum Gasteiger partial charge on any atom is 0.244 e. The molecule has 5 heteroatoms. The smallest absolute Gasteiger partial charge is 0.244 e. The number of ether oxygens (including phenoxy) is 1. The summed E-state index contributed by atoms with van der Waals surface area (Å²) in [7, 11) is -2.02. The first-order valence-electron chi connectivity index (χ1n) is 9.53. The molecule has 0 aliphatic heterocycles. The Bertz CT molecular complexity index is 721. The zero-order chi connectivity index (χ0) is 17.7. The van der Waals surface area contributed by atoms with Crippen LogP contribution in [-0.2, 0) is 10.0 Å². The van der Waals surface area contributed by atoms with Gasteiger partial charge in [0.25, 0.3) is 0 Å². The van der Waals surface area contributed by atoms with Gasteiger partial charge in [0, 0.05) is 6.54 Å². The Morgan fingerprint density at radius 2 is 1.72 bits per heavy atom. The summed E-state index contributed by atoms with van der Waals surface area (Å²) >= 11 is 0. The summed E-state index contributed by atoms with van der Waals surface area (Å²) in [5.74, 6) is 3.12. The Labute approximate surface area is 151 Å². The fourth-order valence-electron chi connectivity index (χ4n) is 6.12. The lowest BCUT2D eigenvalue weighted by atomic mass is 9.49. The van der Waals surface area contributed by atoms with Crippen molar-refractivity contribution in [2.24, 2.45) is 23.2 Å². The number of aryl methyl sites for hydroxylation is 1. The van der Waals surface area contributed by atoms with Gasteiger partial charge in [-0.2, -0.15) is 0 Å². The largest absolute Gasteiger partial charge is 0.495 e. The lowest BCUT2D eigenvalue weighted by Gasteiger charge is -2.57. The molecule has 4 bridgehead atoms. The number of sulfonamides is 1. The van der Waals surface area contributed by atoms with Crippen molar-refractivity contribution in [2.45, 2.75) is 56.8 Å². The topological polar surface area (TPSA) is 55.4 Å². The molecule has 5 rings (SSSR count). The van der Waals surface area contributed by atoms with Gasteiger partial charge in [0.15, 0.2) is 0 Å². The highest BCUT2D eigenvalue weighted by molar-refractivity contribution is 7.89.